The van der Waals surface area contributed by atoms with Gasteiger partial charge in [0.15, 0.2) is 0 Å². The third-order valence-corrected chi connectivity index (χ3v) is 3.95. The van der Waals surface area contributed by atoms with E-state index in [4.69, 9.17) is 0 Å². The number of carbonyl (C=O) groups excluding carboxylic acids is 2. The highest BCUT2D eigenvalue weighted by atomic mass is 79.9. The fraction of sp³-hybridized carbons (Fsp3) is 0.167. The zero-order valence-electron chi connectivity index (χ0n) is 13.3. The number of halogens is 2. The molecule has 25 heavy (non-hydrogen) atoms. The van der Waals surface area contributed by atoms with Crippen molar-refractivity contribution in [1.29, 1.82) is 0 Å². The molecule has 0 radical (unpaired) electrons. The summed E-state index contributed by atoms with van der Waals surface area (Å²) in [5.41, 5.74) is 3.63. The first-order valence-corrected chi connectivity index (χ1v) is 8.46. The van der Waals surface area contributed by atoms with Crippen LogP contribution in [0.15, 0.2) is 58.1 Å². The third kappa shape index (κ3) is 6.46. The summed E-state index contributed by atoms with van der Waals surface area (Å²) in [4.78, 5) is 23.6. The summed E-state index contributed by atoms with van der Waals surface area (Å²) in [5.74, 6) is -0.776. The second-order valence-electron chi connectivity index (χ2n) is 5.18. The number of hydrogen-bond acceptors (Lipinski definition) is 3. The minimum absolute atomic E-state index is 0.192. The zero-order valence-corrected chi connectivity index (χ0v) is 14.9. The van der Waals surface area contributed by atoms with Crippen molar-refractivity contribution in [2.45, 2.75) is 12.8 Å². The Bertz CT molecular complexity index is 763. The predicted octanol–water partition coefficient (Wildman–Crippen LogP) is 3.25. The molecule has 0 aliphatic carbocycles. The van der Waals surface area contributed by atoms with Crippen LogP contribution in [0.3, 0.4) is 0 Å². The molecular formula is C18H17BrFN3O2. The van der Waals surface area contributed by atoms with Gasteiger partial charge in [0.25, 0.3) is 5.91 Å². The van der Waals surface area contributed by atoms with Crippen LogP contribution in [0.1, 0.15) is 28.8 Å². The summed E-state index contributed by atoms with van der Waals surface area (Å²) in [7, 11) is 0. The summed E-state index contributed by atoms with van der Waals surface area (Å²) < 4.78 is 13.5. The topological polar surface area (TPSA) is 70.6 Å². The summed E-state index contributed by atoms with van der Waals surface area (Å²) in [5, 5.41) is 6.56. The Hall–Kier alpha value is -2.54. The van der Waals surface area contributed by atoms with Gasteiger partial charge in [-0.15, -0.1) is 0 Å². The van der Waals surface area contributed by atoms with E-state index in [0.717, 1.165) is 4.47 Å². The number of hydrazone groups is 1. The Morgan fingerprint density at radius 3 is 2.56 bits per heavy atom. The molecular weight excluding hydrogens is 389 g/mol. The van der Waals surface area contributed by atoms with Crippen molar-refractivity contribution in [2.75, 3.05) is 6.54 Å². The summed E-state index contributed by atoms with van der Waals surface area (Å²) in [6, 6.07) is 12.9. The maximum atomic E-state index is 12.8. The van der Waals surface area contributed by atoms with Gasteiger partial charge in [0.05, 0.1) is 11.8 Å². The first kappa shape index (κ1) is 18.8. The van der Waals surface area contributed by atoms with Gasteiger partial charge in [0, 0.05) is 17.4 Å². The molecule has 0 aromatic heterocycles. The molecule has 0 aliphatic rings. The Kier molecular flexibility index (Phi) is 7.28. The van der Waals surface area contributed by atoms with Gasteiger partial charge in [-0.25, -0.2) is 9.82 Å². The van der Waals surface area contributed by atoms with E-state index in [0.29, 0.717) is 24.1 Å². The van der Waals surface area contributed by atoms with Crippen LogP contribution in [0, 0.1) is 5.82 Å². The molecule has 0 unspecified atom stereocenters. The predicted molar refractivity (Wildman–Crippen MR) is 97.8 cm³/mol. The lowest BCUT2D eigenvalue weighted by Gasteiger charge is -2.06. The highest BCUT2D eigenvalue weighted by Crippen LogP contribution is 2.15. The first-order chi connectivity index (χ1) is 12.1. The van der Waals surface area contributed by atoms with Crippen LogP contribution in [0.5, 0.6) is 0 Å². The molecule has 2 amide bonds. The maximum Gasteiger partial charge on any atom is 0.252 e. The van der Waals surface area contributed by atoms with Crippen LogP contribution in [-0.2, 0) is 4.79 Å². The molecule has 0 aliphatic heterocycles. The van der Waals surface area contributed by atoms with Crippen molar-refractivity contribution in [3.05, 3.63) is 69.9 Å². The molecule has 0 spiro atoms. The molecule has 5 nitrogen and oxygen atoms in total. The Labute approximate surface area is 153 Å². The molecule has 0 atom stereocenters. The molecule has 130 valence electrons. The van der Waals surface area contributed by atoms with Crippen LogP contribution < -0.4 is 10.7 Å². The molecule has 2 aromatic rings. The van der Waals surface area contributed by atoms with Gasteiger partial charge in [-0.3, -0.25) is 9.59 Å². The zero-order chi connectivity index (χ0) is 18.1. The normalized spacial score (nSPS) is 10.6. The van der Waals surface area contributed by atoms with Crippen molar-refractivity contribution in [3.8, 4) is 0 Å². The van der Waals surface area contributed by atoms with Crippen LogP contribution in [-0.4, -0.2) is 24.6 Å². The molecule has 0 heterocycles. The van der Waals surface area contributed by atoms with Gasteiger partial charge < -0.3 is 5.32 Å². The SMILES string of the molecule is O=C(CCCNC(=O)c1ccccc1Br)NN=Cc1ccc(F)cc1. The van der Waals surface area contributed by atoms with E-state index in [1.54, 1.807) is 30.3 Å². The van der Waals surface area contributed by atoms with E-state index >= 15 is 0 Å². The number of carbonyl (C=O) groups is 2. The van der Waals surface area contributed by atoms with Crippen LogP contribution >= 0.6 is 15.9 Å². The Balaban J connectivity index is 1.66. The maximum absolute atomic E-state index is 12.8. The Morgan fingerprint density at radius 2 is 1.84 bits per heavy atom. The van der Waals surface area contributed by atoms with Crippen molar-refractivity contribution >= 4 is 34.0 Å². The van der Waals surface area contributed by atoms with Crippen LogP contribution in [0.4, 0.5) is 4.39 Å². The second kappa shape index (κ2) is 9.68. The average Bonchev–Trinajstić information content (AvgIpc) is 2.60. The van der Waals surface area contributed by atoms with E-state index in [2.05, 4.69) is 31.8 Å². The molecule has 2 rings (SSSR count). The van der Waals surface area contributed by atoms with Gasteiger partial charge >= 0.3 is 0 Å². The molecule has 7 heteroatoms. The van der Waals surface area contributed by atoms with Gasteiger partial charge in [-0.2, -0.15) is 5.10 Å². The average molecular weight is 406 g/mol. The quantitative estimate of drug-likeness (QED) is 0.421. The van der Waals surface area contributed by atoms with Crippen molar-refractivity contribution < 1.29 is 14.0 Å². The summed E-state index contributed by atoms with van der Waals surface area (Å²) in [6.45, 7) is 0.384. The van der Waals surface area contributed by atoms with E-state index in [1.165, 1.54) is 18.3 Å². The monoisotopic (exact) mass is 405 g/mol. The Morgan fingerprint density at radius 1 is 1.12 bits per heavy atom. The number of nitrogens with one attached hydrogen (secondary N) is 2. The number of benzene rings is 2. The lowest BCUT2D eigenvalue weighted by atomic mass is 10.2. The summed E-state index contributed by atoms with van der Waals surface area (Å²) in [6.07, 6.45) is 2.16. The van der Waals surface area contributed by atoms with E-state index < -0.39 is 0 Å². The fourth-order valence-electron chi connectivity index (χ4n) is 1.97. The molecule has 0 saturated carbocycles. The van der Waals surface area contributed by atoms with Gasteiger partial charge in [-0.1, -0.05) is 24.3 Å². The minimum Gasteiger partial charge on any atom is -0.352 e. The van der Waals surface area contributed by atoms with Crippen molar-refractivity contribution in [3.63, 3.8) is 0 Å². The highest BCUT2D eigenvalue weighted by Gasteiger charge is 2.08. The third-order valence-electron chi connectivity index (χ3n) is 3.26. The van der Waals surface area contributed by atoms with E-state index in [9.17, 15) is 14.0 Å². The molecule has 2 N–H and O–H groups in total. The second-order valence-corrected chi connectivity index (χ2v) is 6.04. The molecule has 0 saturated heterocycles. The number of nitrogens with zero attached hydrogens (tertiary/aromatic N) is 1. The minimum atomic E-state index is -0.328. The molecule has 2 aromatic carbocycles. The fourth-order valence-corrected chi connectivity index (χ4v) is 2.44. The number of amides is 2. The van der Waals surface area contributed by atoms with Gasteiger partial charge in [0.1, 0.15) is 5.82 Å². The number of rotatable bonds is 7. The lowest BCUT2D eigenvalue weighted by molar-refractivity contribution is -0.121. The van der Waals surface area contributed by atoms with Gasteiger partial charge in [0.2, 0.25) is 5.91 Å². The van der Waals surface area contributed by atoms with Gasteiger partial charge in [-0.05, 0) is 52.2 Å². The van der Waals surface area contributed by atoms with E-state index in [-0.39, 0.29) is 24.1 Å². The summed E-state index contributed by atoms with van der Waals surface area (Å²) >= 11 is 3.32. The van der Waals surface area contributed by atoms with Crippen molar-refractivity contribution in [1.82, 2.24) is 10.7 Å². The van der Waals surface area contributed by atoms with Crippen molar-refractivity contribution in [2.24, 2.45) is 5.10 Å². The van der Waals surface area contributed by atoms with Crippen LogP contribution in [0.25, 0.3) is 0 Å². The lowest BCUT2D eigenvalue weighted by Crippen LogP contribution is -2.26. The first-order valence-electron chi connectivity index (χ1n) is 7.66. The molecule has 0 bridgehead atoms. The smallest absolute Gasteiger partial charge is 0.252 e. The standard InChI is InChI=1S/C18H17BrFN3O2/c19-16-5-2-1-4-15(16)18(25)21-11-3-6-17(24)23-22-12-13-7-9-14(20)10-8-13/h1-2,4-5,7-10,12H,3,6,11H2,(H,21,25)(H,23,24). The molecule has 0 fully saturated rings. The largest absolute Gasteiger partial charge is 0.352 e. The van der Waals surface area contributed by atoms with E-state index in [1.807, 2.05) is 6.07 Å². The number of hydrogen-bond donors (Lipinski definition) is 2. The van der Waals surface area contributed by atoms with Crippen LogP contribution in [0.2, 0.25) is 0 Å². The highest BCUT2D eigenvalue weighted by molar-refractivity contribution is 9.10.